The lowest BCUT2D eigenvalue weighted by Gasteiger charge is -2.33. The van der Waals surface area contributed by atoms with Gasteiger partial charge in [-0.1, -0.05) is 0 Å². The number of likely N-dealkylation sites (tertiary alicyclic amines) is 1. The fourth-order valence-electron chi connectivity index (χ4n) is 4.30. The molecule has 2 fully saturated rings. The molecule has 9 nitrogen and oxygen atoms in total. The van der Waals surface area contributed by atoms with Crippen LogP contribution in [0.5, 0.6) is 11.5 Å². The maximum atomic E-state index is 13.1. The van der Waals surface area contributed by atoms with Crippen molar-refractivity contribution in [2.24, 2.45) is 5.92 Å². The molecule has 2 aromatic rings. The van der Waals surface area contributed by atoms with E-state index in [0.717, 1.165) is 18.4 Å². The molecule has 2 aliphatic rings. The molecule has 0 bridgehead atoms. The van der Waals surface area contributed by atoms with Crippen molar-refractivity contribution in [2.75, 3.05) is 32.6 Å². The zero-order valence-corrected chi connectivity index (χ0v) is 18.3. The quantitative estimate of drug-likeness (QED) is 0.631. The molecule has 0 saturated carbocycles. The van der Waals surface area contributed by atoms with Gasteiger partial charge in [-0.25, -0.2) is 10.9 Å². The number of carbonyl (C=O) groups is 2. The van der Waals surface area contributed by atoms with Gasteiger partial charge in [0.1, 0.15) is 6.04 Å². The lowest BCUT2D eigenvalue weighted by atomic mass is 9.95. The number of benzene rings is 1. The third kappa shape index (κ3) is 4.84. The van der Waals surface area contributed by atoms with Crippen LogP contribution in [-0.4, -0.2) is 55.0 Å². The van der Waals surface area contributed by atoms with Gasteiger partial charge in [0.05, 0.1) is 20.1 Å². The summed E-state index contributed by atoms with van der Waals surface area (Å²) >= 11 is 0. The molecule has 0 aliphatic carbocycles. The van der Waals surface area contributed by atoms with E-state index >= 15 is 0 Å². The van der Waals surface area contributed by atoms with E-state index in [1.165, 1.54) is 0 Å². The van der Waals surface area contributed by atoms with Crippen LogP contribution in [0, 0.1) is 5.92 Å². The van der Waals surface area contributed by atoms with Gasteiger partial charge >= 0.3 is 0 Å². The summed E-state index contributed by atoms with van der Waals surface area (Å²) in [6, 6.07) is 8.89. The molecular weight excluding hydrogens is 410 g/mol. The molecule has 1 aromatic heterocycles. The summed E-state index contributed by atoms with van der Waals surface area (Å²) in [6.45, 7) is 1.08. The Hall–Kier alpha value is -3.17. The standard InChI is InChI=1S/C23H29N5O4/c1-31-20-6-5-17(12-21(20)32-2)25-22(29)16-4-3-11-28(14-16)23(30)19-13-18(26-27-19)15-7-9-24-10-8-15/h5-10,12,16,18-19,26-27H,3-4,11,13-14H2,1-2H3,(H,25,29). The number of pyridine rings is 1. The summed E-state index contributed by atoms with van der Waals surface area (Å²) in [5.74, 6) is 0.822. The molecule has 0 spiro atoms. The Morgan fingerprint density at radius 3 is 2.62 bits per heavy atom. The molecule has 3 atom stereocenters. The number of hydrogen-bond donors (Lipinski definition) is 3. The topological polar surface area (TPSA) is 105 Å². The van der Waals surface area contributed by atoms with Crippen molar-refractivity contribution in [3.8, 4) is 11.5 Å². The molecule has 0 radical (unpaired) electrons. The molecule has 3 N–H and O–H groups in total. The largest absolute Gasteiger partial charge is 0.493 e. The molecule has 2 amide bonds. The van der Waals surface area contributed by atoms with Crippen molar-refractivity contribution in [3.05, 3.63) is 48.3 Å². The average Bonchev–Trinajstić information content (AvgIpc) is 3.34. The van der Waals surface area contributed by atoms with Crippen LogP contribution in [0.3, 0.4) is 0 Å². The van der Waals surface area contributed by atoms with E-state index in [2.05, 4.69) is 21.2 Å². The van der Waals surface area contributed by atoms with Crippen molar-refractivity contribution in [2.45, 2.75) is 31.3 Å². The highest BCUT2D eigenvalue weighted by molar-refractivity contribution is 5.93. The number of amides is 2. The number of piperidine rings is 1. The maximum absolute atomic E-state index is 13.1. The Balaban J connectivity index is 1.35. The lowest BCUT2D eigenvalue weighted by molar-refractivity contribution is -0.136. The Labute approximate surface area is 187 Å². The number of methoxy groups -OCH3 is 2. The predicted octanol–water partition coefficient (Wildman–Crippen LogP) is 1.88. The highest BCUT2D eigenvalue weighted by atomic mass is 16.5. The van der Waals surface area contributed by atoms with Crippen LogP contribution in [0.25, 0.3) is 0 Å². The van der Waals surface area contributed by atoms with E-state index in [0.29, 0.717) is 36.7 Å². The van der Waals surface area contributed by atoms with E-state index in [9.17, 15) is 9.59 Å². The van der Waals surface area contributed by atoms with E-state index in [1.54, 1.807) is 49.7 Å². The monoisotopic (exact) mass is 439 g/mol. The fraction of sp³-hybridized carbons (Fsp3) is 0.435. The zero-order chi connectivity index (χ0) is 22.5. The van der Waals surface area contributed by atoms with Gasteiger partial charge in [0.2, 0.25) is 11.8 Å². The smallest absolute Gasteiger partial charge is 0.241 e. The highest BCUT2D eigenvalue weighted by Gasteiger charge is 2.36. The number of carbonyl (C=O) groups excluding carboxylic acids is 2. The van der Waals surface area contributed by atoms with Crippen LogP contribution < -0.4 is 25.6 Å². The number of nitrogens with one attached hydrogen (secondary N) is 3. The van der Waals surface area contributed by atoms with Gasteiger partial charge < -0.3 is 19.7 Å². The molecule has 4 rings (SSSR count). The Morgan fingerprint density at radius 2 is 1.88 bits per heavy atom. The van der Waals surface area contributed by atoms with Gasteiger partial charge in [0.25, 0.3) is 0 Å². The Bertz CT molecular complexity index is 955. The molecule has 3 heterocycles. The van der Waals surface area contributed by atoms with Crippen molar-refractivity contribution in [1.82, 2.24) is 20.7 Å². The first-order valence-electron chi connectivity index (χ1n) is 10.8. The summed E-state index contributed by atoms with van der Waals surface area (Å²) < 4.78 is 10.5. The normalized spacial score (nSPS) is 22.9. The van der Waals surface area contributed by atoms with Crippen LogP contribution in [-0.2, 0) is 9.59 Å². The summed E-state index contributed by atoms with van der Waals surface area (Å²) in [4.78, 5) is 31.8. The van der Waals surface area contributed by atoms with Gasteiger partial charge in [-0.05, 0) is 49.1 Å². The first-order valence-corrected chi connectivity index (χ1v) is 10.8. The van der Waals surface area contributed by atoms with E-state index in [4.69, 9.17) is 9.47 Å². The molecule has 9 heteroatoms. The van der Waals surface area contributed by atoms with Crippen LogP contribution >= 0.6 is 0 Å². The maximum Gasteiger partial charge on any atom is 0.241 e. The molecule has 170 valence electrons. The fourth-order valence-corrected chi connectivity index (χ4v) is 4.30. The second kappa shape index (κ2) is 9.97. The number of rotatable bonds is 6. The number of nitrogens with zero attached hydrogens (tertiary/aromatic N) is 2. The van der Waals surface area contributed by atoms with Crippen molar-refractivity contribution in [1.29, 1.82) is 0 Å². The van der Waals surface area contributed by atoms with Gasteiger partial charge in [0.15, 0.2) is 11.5 Å². The Kier molecular flexibility index (Phi) is 6.87. The average molecular weight is 440 g/mol. The number of hydrazine groups is 1. The van der Waals surface area contributed by atoms with Crippen LogP contribution in [0.4, 0.5) is 5.69 Å². The van der Waals surface area contributed by atoms with E-state index in [1.807, 2.05) is 12.1 Å². The van der Waals surface area contributed by atoms with Gasteiger partial charge in [-0.2, -0.15) is 0 Å². The number of aromatic nitrogens is 1. The zero-order valence-electron chi connectivity index (χ0n) is 18.3. The summed E-state index contributed by atoms with van der Waals surface area (Å²) in [6.07, 6.45) is 5.70. The predicted molar refractivity (Wildman–Crippen MR) is 119 cm³/mol. The third-order valence-electron chi connectivity index (χ3n) is 6.06. The van der Waals surface area contributed by atoms with Gasteiger partial charge in [0, 0.05) is 43.3 Å². The van der Waals surface area contributed by atoms with Crippen LogP contribution in [0.2, 0.25) is 0 Å². The van der Waals surface area contributed by atoms with E-state index < -0.39 is 0 Å². The minimum absolute atomic E-state index is 0.0256. The van der Waals surface area contributed by atoms with E-state index in [-0.39, 0.29) is 29.8 Å². The van der Waals surface area contributed by atoms with Crippen LogP contribution in [0.15, 0.2) is 42.7 Å². The first-order chi connectivity index (χ1) is 15.6. The SMILES string of the molecule is COc1ccc(NC(=O)C2CCCN(C(=O)C3CC(c4ccncc4)NN3)C2)cc1OC. The van der Waals surface area contributed by atoms with Crippen molar-refractivity contribution < 1.29 is 19.1 Å². The minimum atomic E-state index is -0.319. The lowest BCUT2D eigenvalue weighted by Crippen LogP contribution is -2.50. The summed E-state index contributed by atoms with van der Waals surface area (Å²) in [5, 5.41) is 2.95. The minimum Gasteiger partial charge on any atom is -0.493 e. The molecular formula is C23H29N5O4. The van der Waals surface area contributed by atoms with Crippen molar-refractivity contribution in [3.63, 3.8) is 0 Å². The third-order valence-corrected chi connectivity index (χ3v) is 6.06. The molecule has 2 aliphatic heterocycles. The second-order valence-corrected chi connectivity index (χ2v) is 8.09. The number of ether oxygens (including phenoxy) is 2. The Morgan fingerprint density at radius 1 is 1.09 bits per heavy atom. The number of anilines is 1. The van der Waals surface area contributed by atoms with Gasteiger partial charge in [-0.15, -0.1) is 0 Å². The summed E-state index contributed by atoms with van der Waals surface area (Å²) in [7, 11) is 3.12. The van der Waals surface area contributed by atoms with Gasteiger partial charge in [-0.3, -0.25) is 14.6 Å². The first kappa shape index (κ1) is 22.0. The summed E-state index contributed by atoms with van der Waals surface area (Å²) in [5.41, 5.74) is 8.05. The number of hydrogen-bond acceptors (Lipinski definition) is 7. The highest BCUT2D eigenvalue weighted by Crippen LogP contribution is 2.30. The van der Waals surface area contributed by atoms with Crippen LogP contribution in [0.1, 0.15) is 30.9 Å². The second-order valence-electron chi connectivity index (χ2n) is 8.09. The molecule has 3 unspecified atom stereocenters. The molecule has 32 heavy (non-hydrogen) atoms. The molecule has 1 aromatic carbocycles. The van der Waals surface area contributed by atoms with Crippen molar-refractivity contribution >= 4 is 17.5 Å². The molecule has 2 saturated heterocycles.